The summed E-state index contributed by atoms with van der Waals surface area (Å²) in [6, 6.07) is 5.67. The van der Waals surface area contributed by atoms with E-state index in [1.54, 1.807) is 0 Å². The van der Waals surface area contributed by atoms with E-state index in [2.05, 4.69) is 10.6 Å². The lowest BCUT2D eigenvalue weighted by Crippen LogP contribution is -2.30. The van der Waals surface area contributed by atoms with Gasteiger partial charge in [-0.25, -0.2) is 4.39 Å². The molecule has 106 valence electrons. The first kappa shape index (κ1) is 14.5. The van der Waals surface area contributed by atoms with E-state index in [0.717, 1.165) is 38.4 Å². The van der Waals surface area contributed by atoms with Crippen LogP contribution >= 0.6 is 0 Å². The standard InChI is InChI=1S/C15H18FN3O/c16-13-4-5-14(12(8-13)9-17)19-15(20)6-3-11-2-1-7-18-10-11/h4-5,8,11,18H,1-3,6-7,10H2,(H,19,20). The van der Waals surface area contributed by atoms with E-state index in [9.17, 15) is 9.18 Å². The highest BCUT2D eigenvalue weighted by atomic mass is 19.1. The van der Waals surface area contributed by atoms with Crippen LogP contribution in [0.1, 0.15) is 31.2 Å². The SMILES string of the molecule is N#Cc1cc(F)ccc1NC(=O)CCC1CCCNC1. The maximum atomic E-state index is 13.0. The van der Waals surface area contributed by atoms with Crippen LogP contribution in [0.25, 0.3) is 0 Å². The molecule has 0 aliphatic carbocycles. The lowest BCUT2D eigenvalue weighted by atomic mass is 9.94. The van der Waals surface area contributed by atoms with E-state index in [1.165, 1.54) is 12.1 Å². The van der Waals surface area contributed by atoms with Gasteiger partial charge in [-0.15, -0.1) is 0 Å². The number of carbonyl (C=O) groups is 1. The van der Waals surface area contributed by atoms with Crippen LogP contribution in [-0.4, -0.2) is 19.0 Å². The van der Waals surface area contributed by atoms with Gasteiger partial charge in [-0.2, -0.15) is 5.26 Å². The van der Waals surface area contributed by atoms with Gasteiger partial charge in [0.1, 0.15) is 11.9 Å². The minimum Gasteiger partial charge on any atom is -0.325 e. The number of hydrogen-bond donors (Lipinski definition) is 2. The van der Waals surface area contributed by atoms with Gasteiger partial charge in [0.25, 0.3) is 0 Å². The van der Waals surface area contributed by atoms with Gasteiger partial charge in [-0.1, -0.05) is 0 Å². The Morgan fingerprint density at radius 2 is 2.40 bits per heavy atom. The number of benzene rings is 1. The predicted molar refractivity (Wildman–Crippen MR) is 74.6 cm³/mol. The fraction of sp³-hybridized carbons (Fsp3) is 0.467. The molecule has 0 radical (unpaired) electrons. The normalized spacial score (nSPS) is 18.3. The Labute approximate surface area is 118 Å². The van der Waals surface area contributed by atoms with Crippen molar-refractivity contribution in [3.63, 3.8) is 0 Å². The predicted octanol–water partition coefficient (Wildman–Crippen LogP) is 2.42. The van der Waals surface area contributed by atoms with Crippen LogP contribution in [-0.2, 0) is 4.79 Å². The minimum absolute atomic E-state index is 0.126. The van der Waals surface area contributed by atoms with Crippen LogP contribution in [0, 0.1) is 23.1 Å². The van der Waals surface area contributed by atoms with Gasteiger partial charge < -0.3 is 10.6 Å². The fourth-order valence-electron chi connectivity index (χ4n) is 2.44. The molecular formula is C15H18FN3O. The van der Waals surface area contributed by atoms with Gasteiger partial charge in [0.05, 0.1) is 11.3 Å². The average Bonchev–Trinajstić information content (AvgIpc) is 2.48. The molecule has 1 amide bonds. The molecule has 1 aromatic carbocycles. The molecule has 1 aromatic rings. The van der Waals surface area contributed by atoms with E-state index in [4.69, 9.17) is 5.26 Å². The highest BCUT2D eigenvalue weighted by Crippen LogP contribution is 2.19. The third kappa shape index (κ3) is 4.04. The summed E-state index contributed by atoms with van der Waals surface area (Å²) in [6.07, 6.45) is 3.57. The first-order valence-electron chi connectivity index (χ1n) is 6.89. The molecule has 1 aliphatic rings. The molecule has 4 nitrogen and oxygen atoms in total. The highest BCUT2D eigenvalue weighted by Gasteiger charge is 2.15. The van der Waals surface area contributed by atoms with Crippen LogP contribution in [0.5, 0.6) is 0 Å². The largest absolute Gasteiger partial charge is 0.325 e. The summed E-state index contributed by atoms with van der Waals surface area (Å²) in [5.41, 5.74) is 0.526. The molecule has 0 aromatic heterocycles. The van der Waals surface area contributed by atoms with E-state index in [1.807, 2.05) is 6.07 Å². The molecule has 0 spiro atoms. The van der Waals surface area contributed by atoms with Crippen LogP contribution in [0.4, 0.5) is 10.1 Å². The summed E-state index contributed by atoms with van der Waals surface area (Å²) >= 11 is 0. The van der Waals surface area contributed by atoms with Crippen molar-refractivity contribution < 1.29 is 9.18 Å². The quantitative estimate of drug-likeness (QED) is 0.887. The summed E-state index contributed by atoms with van der Waals surface area (Å²) < 4.78 is 13.0. The number of nitrogens with zero attached hydrogens (tertiary/aromatic N) is 1. The van der Waals surface area contributed by atoms with Crippen molar-refractivity contribution in [1.29, 1.82) is 5.26 Å². The van der Waals surface area contributed by atoms with E-state index >= 15 is 0 Å². The van der Waals surface area contributed by atoms with E-state index in [-0.39, 0.29) is 11.5 Å². The second-order valence-corrected chi connectivity index (χ2v) is 5.10. The zero-order chi connectivity index (χ0) is 14.4. The van der Waals surface area contributed by atoms with Crippen molar-refractivity contribution in [1.82, 2.24) is 5.32 Å². The molecule has 5 heteroatoms. The van der Waals surface area contributed by atoms with Crippen molar-refractivity contribution in [3.05, 3.63) is 29.6 Å². The number of hydrogen-bond acceptors (Lipinski definition) is 3. The molecule has 1 heterocycles. The van der Waals surface area contributed by atoms with Gasteiger partial charge in [-0.3, -0.25) is 4.79 Å². The van der Waals surface area contributed by atoms with E-state index in [0.29, 0.717) is 18.0 Å². The number of nitrogens with one attached hydrogen (secondary N) is 2. The van der Waals surface area contributed by atoms with Gasteiger partial charge in [-0.05, 0) is 56.5 Å². The molecule has 0 bridgehead atoms. The fourth-order valence-corrected chi connectivity index (χ4v) is 2.44. The van der Waals surface area contributed by atoms with E-state index < -0.39 is 5.82 Å². The second kappa shape index (κ2) is 7.01. The molecule has 1 saturated heterocycles. The van der Waals surface area contributed by atoms with Crippen LogP contribution < -0.4 is 10.6 Å². The van der Waals surface area contributed by atoms with Crippen molar-refractivity contribution in [2.75, 3.05) is 18.4 Å². The first-order chi connectivity index (χ1) is 9.69. The van der Waals surface area contributed by atoms with Crippen molar-refractivity contribution in [3.8, 4) is 6.07 Å². The molecule has 2 N–H and O–H groups in total. The number of anilines is 1. The Bertz CT molecular complexity index is 518. The van der Waals surface area contributed by atoms with Gasteiger partial charge in [0, 0.05) is 6.42 Å². The molecule has 20 heavy (non-hydrogen) atoms. The maximum Gasteiger partial charge on any atom is 0.224 e. The topological polar surface area (TPSA) is 64.9 Å². The zero-order valence-electron chi connectivity index (χ0n) is 11.3. The molecule has 1 atom stereocenters. The van der Waals surface area contributed by atoms with Crippen molar-refractivity contribution in [2.24, 2.45) is 5.92 Å². The Kier molecular flexibility index (Phi) is 5.08. The minimum atomic E-state index is -0.479. The second-order valence-electron chi connectivity index (χ2n) is 5.10. The molecule has 2 rings (SSSR count). The number of piperidine rings is 1. The highest BCUT2D eigenvalue weighted by molar-refractivity contribution is 5.92. The van der Waals surface area contributed by atoms with Gasteiger partial charge in [0.2, 0.25) is 5.91 Å². The summed E-state index contributed by atoms with van der Waals surface area (Å²) in [5, 5.41) is 14.9. The smallest absolute Gasteiger partial charge is 0.224 e. The Morgan fingerprint density at radius 3 is 3.10 bits per heavy atom. The molecular weight excluding hydrogens is 257 g/mol. The van der Waals surface area contributed by atoms with Crippen LogP contribution in [0.3, 0.4) is 0 Å². The molecule has 0 saturated carbocycles. The third-order valence-corrected chi connectivity index (χ3v) is 3.55. The Morgan fingerprint density at radius 1 is 1.55 bits per heavy atom. The summed E-state index contributed by atoms with van der Waals surface area (Å²) in [7, 11) is 0. The van der Waals surface area contributed by atoms with Crippen LogP contribution in [0.2, 0.25) is 0 Å². The lowest BCUT2D eigenvalue weighted by Gasteiger charge is -2.22. The maximum absolute atomic E-state index is 13.0. The summed E-state index contributed by atoms with van der Waals surface area (Å²) in [6.45, 7) is 2.02. The zero-order valence-corrected chi connectivity index (χ0v) is 11.3. The Balaban J connectivity index is 1.86. The summed E-state index contributed by atoms with van der Waals surface area (Å²) in [4.78, 5) is 11.9. The average molecular weight is 275 g/mol. The lowest BCUT2D eigenvalue weighted by molar-refractivity contribution is -0.116. The molecule has 1 aliphatic heterocycles. The monoisotopic (exact) mass is 275 g/mol. The number of carbonyl (C=O) groups excluding carboxylic acids is 1. The number of amides is 1. The molecule has 1 fully saturated rings. The number of halogens is 1. The summed E-state index contributed by atoms with van der Waals surface area (Å²) in [5.74, 6) is -0.0651. The van der Waals surface area contributed by atoms with Gasteiger partial charge >= 0.3 is 0 Å². The third-order valence-electron chi connectivity index (χ3n) is 3.55. The first-order valence-corrected chi connectivity index (χ1v) is 6.89. The van der Waals surface area contributed by atoms with Crippen LogP contribution in [0.15, 0.2) is 18.2 Å². The number of rotatable bonds is 4. The van der Waals surface area contributed by atoms with Gasteiger partial charge in [0.15, 0.2) is 0 Å². The molecule has 1 unspecified atom stereocenters. The van der Waals surface area contributed by atoms with Crippen molar-refractivity contribution >= 4 is 11.6 Å². The van der Waals surface area contributed by atoms with Crippen molar-refractivity contribution in [2.45, 2.75) is 25.7 Å². The Hall–Kier alpha value is -1.93. The number of nitriles is 1.